The van der Waals surface area contributed by atoms with Crippen LogP contribution in [0.3, 0.4) is 0 Å². The van der Waals surface area contributed by atoms with E-state index in [0.29, 0.717) is 16.9 Å². The highest BCUT2D eigenvalue weighted by molar-refractivity contribution is 9.10. The van der Waals surface area contributed by atoms with Gasteiger partial charge in [-0.3, -0.25) is 4.79 Å². The number of carbonyl (C=O) groups excluding carboxylic acids is 2. The Morgan fingerprint density at radius 2 is 2.00 bits per heavy atom. The number of hydrogen-bond donors (Lipinski definition) is 0. The summed E-state index contributed by atoms with van der Waals surface area (Å²) in [5, 5.41) is 0. The summed E-state index contributed by atoms with van der Waals surface area (Å²) in [5.74, 6) is -0.803. The summed E-state index contributed by atoms with van der Waals surface area (Å²) in [6, 6.07) is 3.43. The molecule has 2 rings (SSSR count). The van der Waals surface area contributed by atoms with Crippen molar-refractivity contribution in [2.45, 2.75) is 37.7 Å². The van der Waals surface area contributed by atoms with Crippen molar-refractivity contribution in [1.29, 1.82) is 0 Å². The van der Waals surface area contributed by atoms with Crippen LogP contribution in [-0.4, -0.2) is 29.3 Å². The van der Waals surface area contributed by atoms with Gasteiger partial charge < -0.3 is 9.47 Å². The summed E-state index contributed by atoms with van der Waals surface area (Å²) in [4.78, 5) is 23.3. The molecule has 0 aliphatic heterocycles. The first-order valence-electron chi connectivity index (χ1n) is 6.42. The molecule has 114 valence electrons. The molecular weight excluding hydrogens is 360 g/mol. The number of esters is 1. The van der Waals surface area contributed by atoms with E-state index in [2.05, 4.69) is 15.9 Å². The van der Waals surface area contributed by atoms with Gasteiger partial charge in [0.1, 0.15) is 11.4 Å². The fraction of sp³-hybridized carbons (Fsp3) is 0.467. The molecule has 0 amide bonds. The third-order valence-corrected chi connectivity index (χ3v) is 4.37. The average Bonchev–Trinajstić information content (AvgIpc) is 2.64. The Morgan fingerprint density at radius 3 is 2.52 bits per heavy atom. The number of ketones is 1. The van der Waals surface area contributed by atoms with Crippen molar-refractivity contribution in [3.63, 3.8) is 0 Å². The van der Waals surface area contributed by atoms with Crippen LogP contribution in [-0.2, 0) is 16.0 Å². The Balaban J connectivity index is 2.46. The molecule has 1 aliphatic carbocycles. The monoisotopic (exact) mass is 374 g/mol. The van der Waals surface area contributed by atoms with E-state index in [9.17, 15) is 9.59 Å². The molecule has 0 radical (unpaired) electrons. The van der Waals surface area contributed by atoms with E-state index < -0.39 is 22.2 Å². The predicted molar refractivity (Wildman–Crippen MR) is 83.2 cm³/mol. The van der Waals surface area contributed by atoms with E-state index in [-0.39, 0.29) is 6.42 Å². The van der Waals surface area contributed by atoms with Crippen LogP contribution >= 0.6 is 27.5 Å². The van der Waals surface area contributed by atoms with E-state index >= 15 is 0 Å². The molecule has 4 nitrogen and oxygen atoms in total. The van der Waals surface area contributed by atoms with Crippen LogP contribution in [0, 0.1) is 0 Å². The minimum atomic E-state index is -1.73. The number of halogens is 2. The molecule has 0 N–H and O–H groups in total. The number of fused-ring (bicyclic) bond motifs is 1. The summed E-state index contributed by atoms with van der Waals surface area (Å²) in [6.07, 6.45) is 0.0788. The van der Waals surface area contributed by atoms with Gasteiger partial charge in [0.2, 0.25) is 4.87 Å². The van der Waals surface area contributed by atoms with E-state index in [4.69, 9.17) is 21.1 Å². The smallest absolute Gasteiger partial charge is 0.336 e. The van der Waals surface area contributed by atoms with Gasteiger partial charge in [0.05, 0.1) is 12.7 Å². The highest BCUT2D eigenvalue weighted by Gasteiger charge is 2.54. The van der Waals surface area contributed by atoms with Crippen LogP contribution in [0.2, 0.25) is 0 Å². The lowest BCUT2D eigenvalue weighted by atomic mass is 10.0. The summed E-state index contributed by atoms with van der Waals surface area (Å²) in [5.41, 5.74) is 0.294. The summed E-state index contributed by atoms with van der Waals surface area (Å²) in [7, 11) is 1.47. The van der Waals surface area contributed by atoms with E-state index in [1.807, 2.05) is 0 Å². The fourth-order valence-electron chi connectivity index (χ4n) is 2.24. The standard InChI is InChI=1S/C15H16BrClO4/c1-14(2,3)21-13(19)15(17)7-8-9(16)5-6-10(20-4)11(8)12(15)18/h5-6H,7H2,1-4H3/t15-/m1/s1. The summed E-state index contributed by atoms with van der Waals surface area (Å²) >= 11 is 9.73. The van der Waals surface area contributed by atoms with Gasteiger partial charge in [0, 0.05) is 10.9 Å². The SMILES string of the molecule is COc1ccc(Br)c2c1C(=O)[C@@](Cl)(C(=O)OC(C)(C)C)C2. The number of hydrogen-bond acceptors (Lipinski definition) is 4. The lowest BCUT2D eigenvalue weighted by molar-refractivity contribution is -0.156. The van der Waals surface area contributed by atoms with Crippen molar-refractivity contribution < 1.29 is 19.1 Å². The molecule has 0 fully saturated rings. The predicted octanol–water partition coefficient (Wildman–Crippen LogP) is 3.52. The molecule has 0 aromatic heterocycles. The van der Waals surface area contributed by atoms with Gasteiger partial charge >= 0.3 is 5.97 Å². The Morgan fingerprint density at radius 1 is 1.38 bits per heavy atom. The first kappa shape index (κ1) is 16.3. The first-order chi connectivity index (χ1) is 9.60. The summed E-state index contributed by atoms with van der Waals surface area (Å²) in [6.45, 7) is 5.19. The fourth-order valence-corrected chi connectivity index (χ4v) is 2.98. The van der Waals surface area contributed by atoms with Gasteiger partial charge in [0.25, 0.3) is 0 Å². The number of ether oxygens (including phenoxy) is 2. The number of rotatable bonds is 2. The Labute approximate surface area is 136 Å². The van der Waals surface area contributed by atoms with Crippen molar-refractivity contribution in [2.75, 3.05) is 7.11 Å². The van der Waals surface area contributed by atoms with Gasteiger partial charge in [-0.05, 0) is 38.5 Å². The van der Waals surface area contributed by atoms with E-state index in [1.54, 1.807) is 32.9 Å². The van der Waals surface area contributed by atoms with Crippen molar-refractivity contribution >= 4 is 39.3 Å². The topological polar surface area (TPSA) is 52.6 Å². The Hall–Kier alpha value is -1.07. The molecule has 0 unspecified atom stereocenters. The van der Waals surface area contributed by atoms with Crippen LogP contribution in [0.4, 0.5) is 0 Å². The molecule has 0 saturated carbocycles. The second kappa shape index (κ2) is 5.29. The number of carbonyl (C=O) groups is 2. The Kier molecular flexibility index (Phi) is 4.10. The second-order valence-electron chi connectivity index (χ2n) is 5.91. The highest BCUT2D eigenvalue weighted by Crippen LogP contribution is 2.44. The summed E-state index contributed by atoms with van der Waals surface area (Å²) < 4.78 is 11.2. The maximum Gasteiger partial charge on any atom is 0.336 e. The highest BCUT2D eigenvalue weighted by atomic mass is 79.9. The maximum atomic E-state index is 12.6. The van der Waals surface area contributed by atoms with E-state index in [1.165, 1.54) is 7.11 Å². The molecule has 1 aromatic carbocycles. The first-order valence-corrected chi connectivity index (χ1v) is 7.60. The molecule has 0 bridgehead atoms. The zero-order valence-electron chi connectivity index (χ0n) is 12.3. The van der Waals surface area contributed by atoms with Crippen molar-refractivity contribution in [2.24, 2.45) is 0 Å². The zero-order valence-corrected chi connectivity index (χ0v) is 14.6. The molecular formula is C15H16BrClO4. The minimum absolute atomic E-state index is 0.0788. The van der Waals surface area contributed by atoms with Gasteiger partial charge in [-0.1, -0.05) is 27.5 Å². The molecule has 21 heavy (non-hydrogen) atoms. The zero-order chi connectivity index (χ0) is 16.0. The molecule has 1 aromatic rings. The molecule has 0 heterocycles. The maximum absolute atomic E-state index is 12.6. The van der Waals surface area contributed by atoms with Gasteiger partial charge in [-0.15, -0.1) is 0 Å². The molecule has 0 saturated heterocycles. The lowest BCUT2D eigenvalue weighted by Gasteiger charge is -2.25. The van der Waals surface area contributed by atoms with Crippen LogP contribution in [0.25, 0.3) is 0 Å². The number of alkyl halides is 1. The largest absolute Gasteiger partial charge is 0.496 e. The molecule has 6 heteroatoms. The van der Waals surface area contributed by atoms with Crippen LogP contribution in [0.15, 0.2) is 16.6 Å². The van der Waals surface area contributed by atoms with E-state index in [0.717, 1.165) is 4.47 Å². The second-order valence-corrected chi connectivity index (χ2v) is 7.41. The third-order valence-electron chi connectivity index (χ3n) is 3.17. The molecule has 1 aliphatic rings. The average molecular weight is 376 g/mol. The van der Waals surface area contributed by atoms with Crippen molar-refractivity contribution in [3.05, 3.63) is 27.7 Å². The van der Waals surface area contributed by atoms with Gasteiger partial charge in [0.15, 0.2) is 5.78 Å². The van der Waals surface area contributed by atoms with Crippen molar-refractivity contribution in [3.8, 4) is 5.75 Å². The quantitative estimate of drug-likeness (QED) is 0.451. The molecule has 0 spiro atoms. The molecule has 1 atom stereocenters. The Bertz CT molecular complexity index is 621. The number of benzene rings is 1. The number of methoxy groups -OCH3 is 1. The lowest BCUT2D eigenvalue weighted by Crippen LogP contribution is -2.43. The number of Topliss-reactive ketones (excluding diaryl/α,β-unsaturated/α-hetero) is 1. The minimum Gasteiger partial charge on any atom is -0.496 e. The van der Waals surface area contributed by atoms with Crippen molar-refractivity contribution in [1.82, 2.24) is 0 Å². The van der Waals surface area contributed by atoms with Gasteiger partial charge in [-0.25, -0.2) is 4.79 Å². The van der Waals surface area contributed by atoms with Crippen LogP contribution in [0.5, 0.6) is 5.75 Å². The van der Waals surface area contributed by atoms with Gasteiger partial charge in [-0.2, -0.15) is 0 Å². The third kappa shape index (κ3) is 2.81. The normalized spacial score (nSPS) is 21.1. The van der Waals surface area contributed by atoms with Crippen LogP contribution < -0.4 is 4.74 Å². The van der Waals surface area contributed by atoms with Crippen LogP contribution in [0.1, 0.15) is 36.7 Å².